The minimum absolute atomic E-state index is 0.0436. The minimum atomic E-state index is -1.02. The molecule has 3 aromatic rings. The number of rotatable bonds is 7. The van der Waals surface area contributed by atoms with E-state index in [0.717, 1.165) is 0 Å². The van der Waals surface area contributed by atoms with Crippen LogP contribution in [0.2, 0.25) is 0 Å². The molecule has 2 aromatic carbocycles. The molecule has 8 nitrogen and oxygen atoms in total. The summed E-state index contributed by atoms with van der Waals surface area (Å²) in [6.07, 6.45) is 0.413. The Hall–Kier alpha value is -3.59. The van der Waals surface area contributed by atoms with Gasteiger partial charge < -0.3 is 10.4 Å². The zero-order valence-electron chi connectivity index (χ0n) is 16.4. The first-order valence-electron chi connectivity index (χ1n) is 9.32. The Balaban J connectivity index is 1.75. The summed E-state index contributed by atoms with van der Waals surface area (Å²) in [5.74, 6) is -0.818. The van der Waals surface area contributed by atoms with Crippen molar-refractivity contribution in [3.63, 3.8) is 0 Å². The molecular weight excluding hydrogens is 391 g/mol. The quantitative estimate of drug-likeness (QED) is 0.456. The summed E-state index contributed by atoms with van der Waals surface area (Å²) in [4.78, 5) is 22.9. The van der Waals surface area contributed by atoms with Crippen LogP contribution < -0.4 is 5.32 Å². The van der Waals surface area contributed by atoms with Crippen molar-refractivity contribution in [3.05, 3.63) is 87.5 Å². The van der Waals surface area contributed by atoms with Gasteiger partial charge in [0.25, 0.3) is 11.6 Å². The molecule has 0 spiro atoms. The number of amides is 1. The van der Waals surface area contributed by atoms with E-state index in [1.165, 1.54) is 42.6 Å². The number of carbonyl (C=O) groups is 1. The van der Waals surface area contributed by atoms with E-state index in [1.54, 1.807) is 16.8 Å². The number of benzene rings is 2. The van der Waals surface area contributed by atoms with Crippen LogP contribution in [0, 0.1) is 15.9 Å². The maximum Gasteiger partial charge on any atom is 0.269 e. The van der Waals surface area contributed by atoms with Gasteiger partial charge in [0.15, 0.2) is 0 Å². The lowest BCUT2D eigenvalue weighted by molar-refractivity contribution is -0.384. The highest BCUT2D eigenvalue weighted by Crippen LogP contribution is 2.24. The predicted molar refractivity (Wildman–Crippen MR) is 108 cm³/mol. The predicted octanol–water partition coefficient (Wildman–Crippen LogP) is 3.51. The Morgan fingerprint density at radius 3 is 2.40 bits per heavy atom. The van der Waals surface area contributed by atoms with Gasteiger partial charge in [0.1, 0.15) is 5.82 Å². The van der Waals surface area contributed by atoms with Crippen LogP contribution in [-0.4, -0.2) is 32.3 Å². The average molecular weight is 412 g/mol. The van der Waals surface area contributed by atoms with Crippen LogP contribution in [0.15, 0.2) is 54.7 Å². The molecule has 156 valence electrons. The molecule has 0 radical (unpaired) electrons. The van der Waals surface area contributed by atoms with E-state index in [2.05, 4.69) is 10.4 Å². The standard InChI is InChI=1S/C21H21FN4O4/c1-13(2)20-18(11-24-25(20)16-9-5-15(22)6-10-16)21(28)23-12-19(27)14-3-7-17(8-4-14)26(29)30/h3-11,13,19,27H,12H2,1-2H3,(H,23,28). The van der Waals surface area contributed by atoms with Crippen LogP contribution in [0.25, 0.3) is 5.69 Å². The second kappa shape index (κ2) is 8.83. The number of nitro benzene ring substituents is 1. The summed E-state index contributed by atoms with van der Waals surface area (Å²) in [5.41, 5.74) is 2.01. The van der Waals surface area contributed by atoms with Crippen molar-refractivity contribution < 1.29 is 19.2 Å². The molecule has 0 fully saturated rings. The summed E-state index contributed by atoms with van der Waals surface area (Å²) < 4.78 is 14.8. The van der Waals surface area contributed by atoms with Gasteiger partial charge in [0.2, 0.25) is 0 Å². The molecule has 0 saturated carbocycles. The summed E-state index contributed by atoms with van der Waals surface area (Å²) in [6.45, 7) is 3.76. The Bertz CT molecular complexity index is 1050. The molecule has 30 heavy (non-hydrogen) atoms. The molecule has 0 bridgehead atoms. The van der Waals surface area contributed by atoms with Crippen molar-refractivity contribution in [2.24, 2.45) is 0 Å². The van der Waals surface area contributed by atoms with Gasteiger partial charge in [0.05, 0.1) is 34.2 Å². The molecule has 1 aromatic heterocycles. The van der Waals surface area contributed by atoms with Gasteiger partial charge in [-0.2, -0.15) is 5.10 Å². The third-order valence-electron chi connectivity index (χ3n) is 4.61. The van der Waals surface area contributed by atoms with Gasteiger partial charge in [-0.05, 0) is 47.9 Å². The molecule has 0 saturated heterocycles. The number of halogens is 1. The summed E-state index contributed by atoms with van der Waals surface area (Å²) in [7, 11) is 0. The first-order chi connectivity index (χ1) is 14.3. The van der Waals surface area contributed by atoms with Crippen molar-refractivity contribution in [3.8, 4) is 5.69 Å². The van der Waals surface area contributed by atoms with Crippen LogP contribution in [0.5, 0.6) is 0 Å². The van der Waals surface area contributed by atoms with Gasteiger partial charge in [-0.1, -0.05) is 13.8 Å². The van der Waals surface area contributed by atoms with Crippen molar-refractivity contribution >= 4 is 11.6 Å². The summed E-state index contributed by atoms with van der Waals surface area (Å²) in [6, 6.07) is 11.3. The van der Waals surface area contributed by atoms with Gasteiger partial charge in [-0.3, -0.25) is 14.9 Å². The fourth-order valence-electron chi connectivity index (χ4n) is 3.10. The SMILES string of the molecule is CC(C)c1c(C(=O)NCC(O)c2ccc([N+](=O)[O-])cc2)cnn1-c1ccc(F)cc1. The van der Waals surface area contributed by atoms with Gasteiger partial charge in [-0.25, -0.2) is 9.07 Å². The smallest absolute Gasteiger partial charge is 0.269 e. The van der Waals surface area contributed by atoms with Crippen LogP contribution in [-0.2, 0) is 0 Å². The zero-order chi connectivity index (χ0) is 21.8. The number of hydrogen-bond acceptors (Lipinski definition) is 5. The van der Waals surface area contributed by atoms with Crippen LogP contribution in [0.3, 0.4) is 0 Å². The van der Waals surface area contributed by atoms with Crippen LogP contribution in [0.1, 0.15) is 47.5 Å². The molecule has 1 unspecified atom stereocenters. The zero-order valence-corrected chi connectivity index (χ0v) is 16.4. The maximum absolute atomic E-state index is 13.2. The number of hydrogen-bond donors (Lipinski definition) is 2. The lowest BCUT2D eigenvalue weighted by Gasteiger charge is -2.15. The van der Waals surface area contributed by atoms with Crippen molar-refractivity contribution in [2.45, 2.75) is 25.9 Å². The van der Waals surface area contributed by atoms with E-state index in [4.69, 9.17) is 0 Å². The molecule has 0 aliphatic heterocycles. The fourth-order valence-corrected chi connectivity index (χ4v) is 3.10. The highest BCUT2D eigenvalue weighted by atomic mass is 19.1. The van der Waals surface area contributed by atoms with Crippen molar-refractivity contribution in [2.75, 3.05) is 6.54 Å². The highest BCUT2D eigenvalue weighted by Gasteiger charge is 2.21. The topological polar surface area (TPSA) is 110 Å². The van der Waals surface area contributed by atoms with E-state index in [0.29, 0.717) is 22.5 Å². The van der Waals surface area contributed by atoms with E-state index in [-0.39, 0.29) is 24.0 Å². The molecule has 0 aliphatic carbocycles. The van der Waals surface area contributed by atoms with Gasteiger partial charge in [0, 0.05) is 18.7 Å². The number of nitrogens with zero attached hydrogens (tertiary/aromatic N) is 3. The largest absolute Gasteiger partial charge is 0.387 e. The Morgan fingerprint density at radius 2 is 1.83 bits per heavy atom. The molecular formula is C21H21FN4O4. The molecule has 2 N–H and O–H groups in total. The molecule has 0 aliphatic rings. The Morgan fingerprint density at radius 1 is 1.20 bits per heavy atom. The van der Waals surface area contributed by atoms with Gasteiger partial charge >= 0.3 is 0 Å². The van der Waals surface area contributed by atoms with Crippen LogP contribution in [0.4, 0.5) is 10.1 Å². The number of non-ortho nitro benzene ring substituents is 1. The normalized spacial score (nSPS) is 12.0. The molecule has 1 amide bonds. The Labute approximate surface area is 172 Å². The van der Waals surface area contributed by atoms with Crippen molar-refractivity contribution in [1.82, 2.24) is 15.1 Å². The van der Waals surface area contributed by atoms with Crippen molar-refractivity contribution in [1.29, 1.82) is 0 Å². The molecule has 1 atom stereocenters. The van der Waals surface area contributed by atoms with E-state index >= 15 is 0 Å². The monoisotopic (exact) mass is 412 g/mol. The number of carbonyl (C=O) groups excluding carboxylic acids is 1. The average Bonchev–Trinajstić information content (AvgIpc) is 3.18. The second-order valence-electron chi connectivity index (χ2n) is 7.06. The molecule has 3 rings (SSSR count). The second-order valence-corrected chi connectivity index (χ2v) is 7.06. The third-order valence-corrected chi connectivity index (χ3v) is 4.61. The lowest BCUT2D eigenvalue weighted by Crippen LogP contribution is -2.29. The van der Waals surface area contributed by atoms with E-state index < -0.39 is 16.9 Å². The van der Waals surface area contributed by atoms with E-state index in [9.17, 15) is 24.4 Å². The van der Waals surface area contributed by atoms with E-state index in [1.807, 2.05) is 13.8 Å². The number of aliphatic hydroxyl groups is 1. The highest BCUT2D eigenvalue weighted by molar-refractivity contribution is 5.95. The third kappa shape index (κ3) is 4.52. The number of nitrogens with one attached hydrogen (secondary N) is 1. The first-order valence-corrected chi connectivity index (χ1v) is 9.32. The fraction of sp³-hybridized carbons (Fsp3) is 0.238. The summed E-state index contributed by atoms with van der Waals surface area (Å²) in [5, 5.41) is 28.0. The first kappa shape index (κ1) is 21.1. The number of aliphatic hydroxyl groups excluding tert-OH is 1. The minimum Gasteiger partial charge on any atom is -0.387 e. The lowest BCUT2D eigenvalue weighted by atomic mass is 10.0. The maximum atomic E-state index is 13.2. The number of nitro groups is 1. The summed E-state index contributed by atoms with van der Waals surface area (Å²) >= 11 is 0. The number of aromatic nitrogens is 2. The van der Waals surface area contributed by atoms with Gasteiger partial charge in [-0.15, -0.1) is 0 Å². The molecule has 9 heteroatoms. The van der Waals surface area contributed by atoms with Crippen LogP contribution >= 0.6 is 0 Å². The Kier molecular flexibility index (Phi) is 6.22. The molecule has 1 heterocycles.